The number of carbonyl (C=O) groups is 2. The molecule has 0 aliphatic carbocycles. The third kappa shape index (κ3) is 4.86. The fourth-order valence-corrected chi connectivity index (χ4v) is 4.67. The minimum atomic E-state index is -0.137. The number of anilines is 2. The minimum Gasteiger partial charge on any atom is -0.324 e. The zero-order valence-electron chi connectivity index (χ0n) is 15.8. The molecule has 7 nitrogen and oxygen atoms in total. The van der Waals surface area contributed by atoms with E-state index in [2.05, 4.69) is 27.0 Å². The molecule has 0 unspecified atom stereocenters. The highest BCUT2D eigenvalue weighted by Gasteiger charge is 2.24. The largest absolute Gasteiger partial charge is 0.324 e. The summed E-state index contributed by atoms with van der Waals surface area (Å²) in [5.74, 6) is 0.182. The maximum Gasteiger partial charge on any atom is 0.234 e. The molecule has 3 heterocycles. The molecule has 0 radical (unpaired) electrons. The Bertz CT molecular complexity index is 986. The standard InChI is InChI=1S/C20H21N5O2S2/c26-18(22-16-6-1-2-7-17(16)25-10-3-8-19(25)27)13-29-20-23-21-14-24(20)11-9-15-5-4-12-28-15/h1-2,4-7,12,14H,3,8-11,13H2,(H,22,26). The maximum atomic E-state index is 12.5. The second-order valence-corrected chi connectivity index (χ2v) is 8.61. The first kappa shape index (κ1) is 19.7. The third-order valence-corrected chi connectivity index (χ3v) is 6.55. The van der Waals surface area contributed by atoms with Crippen LogP contribution >= 0.6 is 23.1 Å². The highest BCUT2D eigenvalue weighted by Crippen LogP contribution is 2.29. The summed E-state index contributed by atoms with van der Waals surface area (Å²) in [6.07, 6.45) is 4.01. The summed E-state index contributed by atoms with van der Waals surface area (Å²) in [6, 6.07) is 11.6. The van der Waals surface area contributed by atoms with Gasteiger partial charge >= 0.3 is 0 Å². The Balaban J connectivity index is 1.35. The lowest BCUT2D eigenvalue weighted by Gasteiger charge is -2.19. The van der Waals surface area contributed by atoms with E-state index >= 15 is 0 Å². The zero-order valence-corrected chi connectivity index (χ0v) is 17.4. The van der Waals surface area contributed by atoms with E-state index in [9.17, 15) is 9.59 Å². The Morgan fingerprint density at radius 2 is 2.14 bits per heavy atom. The lowest BCUT2D eigenvalue weighted by atomic mass is 10.2. The van der Waals surface area contributed by atoms with Gasteiger partial charge in [-0.2, -0.15) is 0 Å². The van der Waals surface area contributed by atoms with Crippen molar-refractivity contribution in [3.05, 3.63) is 53.0 Å². The molecule has 3 aromatic rings. The van der Waals surface area contributed by atoms with Gasteiger partial charge in [0.1, 0.15) is 6.33 Å². The minimum absolute atomic E-state index is 0.0971. The number of nitrogens with zero attached hydrogens (tertiary/aromatic N) is 4. The van der Waals surface area contributed by atoms with Crippen LogP contribution < -0.4 is 10.2 Å². The zero-order chi connectivity index (χ0) is 20.1. The molecule has 9 heteroatoms. The monoisotopic (exact) mass is 427 g/mol. The van der Waals surface area contributed by atoms with Crippen molar-refractivity contribution in [1.29, 1.82) is 0 Å². The number of para-hydroxylation sites is 2. The molecule has 0 spiro atoms. The summed E-state index contributed by atoms with van der Waals surface area (Å²) >= 11 is 3.09. The Morgan fingerprint density at radius 1 is 1.24 bits per heavy atom. The number of benzene rings is 1. The normalized spacial score (nSPS) is 13.8. The van der Waals surface area contributed by atoms with Crippen LogP contribution in [0.5, 0.6) is 0 Å². The van der Waals surface area contributed by atoms with Crippen LogP contribution in [0.4, 0.5) is 11.4 Å². The summed E-state index contributed by atoms with van der Waals surface area (Å²) in [5, 5.41) is 13.8. The topological polar surface area (TPSA) is 80.1 Å². The van der Waals surface area contributed by atoms with Crippen molar-refractivity contribution in [2.75, 3.05) is 22.5 Å². The molecule has 1 aliphatic rings. The van der Waals surface area contributed by atoms with Crippen molar-refractivity contribution in [2.45, 2.75) is 31.0 Å². The SMILES string of the molecule is O=C(CSc1nncn1CCc1cccs1)Nc1ccccc1N1CCCC1=O. The molecule has 4 rings (SSSR count). The fraction of sp³-hybridized carbons (Fsp3) is 0.300. The first-order valence-electron chi connectivity index (χ1n) is 9.43. The number of aromatic nitrogens is 3. The number of carbonyl (C=O) groups excluding carboxylic acids is 2. The molecule has 0 atom stereocenters. The maximum absolute atomic E-state index is 12.5. The highest BCUT2D eigenvalue weighted by molar-refractivity contribution is 7.99. The van der Waals surface area contributed by atoms with E-state index in [-0.39, 0.29) is 17.6 Å². The summed E-state index contributed by atoms with van der Waals surface area (Å²) < 4.78 is 1.97. The number of thiophene rings is 1. The smallest absolute Gasteiger partial charge is 0.234 e. The van der Waals surface area contributed by atoms with E-state index in [1.54, 1.807) is 22.6 Å². The van der Waals surface area contributed by atoms with Gasteiger partial charge in [-0.05, 0) is 36.4 Å². The van der Waals surface area contributed by atoms with Gasteiger partial charge in [0.25, 0.3) is 0 Å². The number of nitrogens with one attached hydrogen (secondary N) is 1. The Labute approximate surface area is 177 Å². The number of thioether (sulfide) groups is 1. The molecule has 2 aromatic heterocycles. The van der Waals surface area contributed by atoms with Crippen LogP contribution in [0.15, 0.2) is 53.3 Å². The molecular formula is C20H21N5O2S2. The number of rotatable bonds is 8. The fourth-order valence-electron chi connectivity index (χ4n) is 3.23. The third-order valence-electron chi connectivity index (χ3n) is 4.63. The van der Waals surface area contributed by atoms with E-state index in [0.29, 0.717) is 18.7 Å². The summed E-state index contributed by atoms with van der Waals surface area (Å²) in [6.45, 7) is 1.46. The number of amides is 2. The van der Waals surface area contributed by atoms with Gasteiger partial charge < -0.3 is 14.8 Å². The van der Waals surface area contributed by atoms with Gasteiger partial charge in [-0.25, -0.2) is 0 Å². The van der Waals surface area contributed by atoms with Crippen LogP contribution in [0.2, 0.25) is 0 Å². The first-order chi connectivity index (χ1) is 14.2. The average Bonchev–Trinajstić information content (AvgIpc) is 3.47. The van der Waals surface area contributed by atoms with E-state index < -0.39 is 0 Å². The van der Waals surface area contributed by atoms with E-state index in [4.69, 9.17) is 0 Å². The molecule has 0 saturated carbocycles. The van der Waals surface area contributed by atoms with Crippen molar-refractivity contribution < 1.29 is 9.59 Å². The van der Waals surface area contributed by atoms with Gasteiger partial charge in [0.15, 0.2) is 5.16 Å². The van der Waals surface area contributed by atoms with Gasteiger partial charge in [0.2, 0.25) is 11.8 Å². The van der Waals surface area contributed by atoms with Crippen LogP contribution in [0.1, 0.15) is 17.7 Å². The molecule has 2 amide bonds. The second-order valence-electron chi connectivity index (χ2n) is 6.64. The molecule has 1 aliphatic heterocycles. The van der Waals surface area contributed by atoms with Gasteiger partial charge in [-0.1, -0.05) is 30.0 Å². The van der Waals surface area contributed by atoms with E-state index in [1.807, 2.05) is 34.9 Å². The van der Waals surface area contributed by atoms with E-state index in [0.717, 1.165) is 30.2 Å². The predicted molar refractivity (Wildman–Crippen MR) is 115 cm³/mol. The van der Waals surface area contributed by atoms with Crippen LogP contribution in [0, 0.1) is 0 Å². The van der Waals surface area contributed by atoms with Crippen LogP contribution in [-0.2, 0) is 22.6 Å². The van der Waals surface area contributed by atoms with Crippen molar-refractivity contribution in [2.24, 2.45) is 0 Å². The summed E-state index contributed by atoms with van der Waals surface area (Å²) in [5.41, 5.74) is 1.42. The van der Waals surface area contributed by atoms with Gasteiger partial charge in [-0.3, -0.25) is 9.59 Å². The molecule has 1 saturated heterocycles. The lowest BCUT2D eigenvalue weighted by Crippen LogP contribution is -2.26. The van der Waals surface area contributed by atoms with Crippen LogP contribution in [-0.4, -0.2) is 38.9 Å². The van der Waals surface area contributed by atoms with Gasteiger partial charge in [0, 0.05) is 24.4 Å². The van der Waals surface area contributed by atoms with Crippen LogP contribution in [0.25, 0.3) is 0 Å². The highest BCUT2D eigenvalue weighted by atomic mass is 32.2. The van der Waals surface area contributed by atoms with Gasteiger partial charge in [-0.15, -0.1) is 21.5 Å². The number of hydrogen-bond acceptors (Lipinski definition) is 6. The van der Waals surface area contributed by atoms with Crippen LogP contribution in [0.3, 0.4) is 0 Å². The number of hydrogen-bond donors (Lipinski definition) is 1. The Morgan fingerprint density at radius 3 is 2.93 bits per heavy atom. The van der Waals surface area contributed by atoms with Crippen molar-refractivity contribution in [1.82, 2.24) is 14.8 Å². The van der Waals surface area contributed by atoms with Crippen molar-refractivity contribution in [3.8, 4) is 0 Å². The quantitative estimate of drug-likeness (QED) is 0.557. The molecule has 1 N–H and O–H groups in total. The molecule has 150 valence electrons. The van der Waals surface area contributed by atoms with Gasteiger partial charge in [0.05, 0.1) is 17.1 Å². The van der Waals surface area contributed by atoms with Crippen molar-refractivity contribution in [3.63, 3.8) is 0 Å². The summed E-state index contributed by atoms with van der Waals surface area (Å²) in [4.78, 5) is 27.6. The molecule has 1 fully saturated rings. The lowest BCUT2D eigenvalue weighted by molar-refractivity contribution is -0.117. The van der Waals surface area contributed by atoms with E-state index in [1.165, 1.54) is 16.6 Å². The first-order valence-corrected chi connectivity index (χ1v) is 11.3. The molecule has 1 aromatic carbocycles. The second kappa shape index (κ2) is 9.23. The average molecular weight is 428 g/mol. The predicted octanol–water partition coefficient (Wildman–Crippen LogP) is 3.44. The Hall–Kier alpha value is -2.65. The number of aryl methyl sites for hydroxylation is 2. The molecule has 0 bridgehead atoms. The summed E-state index contributed by atoms with van der Waals surface area (Å²) in [7, 11) is 0. The molecule has 29 heavy (non-hydrogen) atoms. The van der Waals surface area contributed by atoms with Crippen molar-refractivity contribution >= 4 is 46.3 Å². The molecular weight excluding hydrogens is 406 g/mol. The Kier molecular flexibility index (Phi) is 6.26.